The maximum atomic E-state index is 13.2. The molecule has 1 atom stereocenters. The first-order chi connectivity index (χ1) is 15.6. The van der Waals surface area contributed by atoms with Gasteiger partial charge in [0.05, 0.1) is 10.5 Å². The van der Waals surface area contributed by atoms with Crippen molar-refractivity contribution in [1.82, 2.24) is 0 Å². The van der Waals surface area contributed by atoms with Gasteiger partial charge in [0.15, 0.2) is 5.76 Å². The summed E-state index contributed by atoms with van der Waals surface area (Å²) in [5.41, 5.74) is 0.666. The Morgan fingerprint density at radius 1 is 0.844 bits per heavy atom. The predicted molar refractivity (Wildman–Crippen MR) is 126 cm³/mol. The summed E-state index contributed by atoms with van der Waals surface area (Å²) in [4.78, 5) is 29.1. The normalized spacial score (nSPS) is 15.9. The Balaban J connectivity index is 1.50. The average molecular weight is 460 g/mol. The van der Waals surface area contributed by atoms with Crippen molar-refractivity contribution in [2.45, 2.75) is 6.04 Å². The fraction of sp³-hybridized carbons (Fsp3) is 0.0400. The number of nitrogens with zero attached hydrogens (tertiary/aromatic N) is 1. The van der Waals surface area contributed by atoms with Gasteiger partial charge < -0.3 is 9.84 Å². The number of anilines is 1. The van der Waals surface area contributed by atoms with Crippen molar-refractivity contribution in [2.24, 2.45) is 0 Å². The Morgan fingerprint density at radius 2 is 1.53 bits per heavy atom. The highest BCUT2D eigenvalue weighted by molar-refractivity contribution is 7.12. The van der Waals surface area contributed by atoms with E-state index >= 15 is 0 Å². The number of carbonyl (C=O) groups excluding carboxylic acids is 2. The van der Waals surface area contributed by atoms with E-state index in [9.17, 15) is 14.7 Å². The Morgan fingerprint density at radius 3 is 2.19 bits per heavy atom. The number of benzene rings is 2. The van der Waals surface area contributed by atoms with E-state index in [4.69, 9.17) is 4.74 Å². The molecule has 158 valence electrons. The van der Waals surface area contributed by atoms with E-state index in [0.717, 1.165) is 4.88 Å². The molecule has 32 heavy (non-hydrogen) atoms. The van der Waals surface area contributed by atoms with Gasteiger partial charge in [-0.3, -0.25) is 14.5 Å². The van der Waals surface area contributed by atoms with Crippen molar-refractivity contribution in [2.75, 3.05) is 4.90 Å². The number of ether oxygens (including phenoxy) is 1. The lowest BCUT2D eigenvalue weighted by molar-refractivity contribution is -0.117. The molecule has 2 aromatic heterocycles. The summed E-state index contributed by atoms with van der Waals surface area (Å²) in [5, 5.41) is 14.4. The van der Waals surface area contributed by atoms with Gasteiger partial charge in [0.1, 0.15) is 17.5 Å². The van der Waals surface area contributed by atoms with Crippen LogP contribution in [0.2, 0.25) is 0 Å². The van der Waals surface area contributed by atoms with Gasteiger partial charge in [-0.15, -0.1) is 22.7 Å². The highest BCUT2D eigenvalue weighted by Gasteiger charge is 2.45. The highest BCUT2D eigenvalue weighted by atomic mass is 32.1. The van der Waals surface area contributed by atoms with Gasteiger partial charge in [-0.25, -0.2) is 0 Å². The molecule has 0 saturated heterocycles. The van der Waals surface area contributed by atoms with E-state index in [1.54, 1.807) is 41.8 Å². The standard InChI is InChI=1S/C25H17NO4S2/c27-23(20-9-5-15-32-20)21-22(19-8-4-14-31-19)26(25(29)24(21)28)16-10-12-18(13-11-16)30-17-6-2-1-3-7-17/h1-15,22,28H. The van der Waals surface area contributed by atoms with Crippen molar-refractivity contribution in [1.29, 1.82) is 0 Å². The molecule has 0 spiro atoms. The number of para-hydroxylation sites is 1. The minimum atomic E-state index is -0.696. The number of aliphatic hydroxyl groups excluding tert-OH is 1. The van der Waals surface area contributed by atoms with Gasteiger partial charge in [0, 0.05) is 10.6 Å². The number of Topliss-reactive ketones (excluding diaryl/α,β-unsaturated/α-hetero) is 1. The second kappa shape index (κ2) is 8.45. The molecule has 0 radical (unpaired) electrons. The molecule has 5 rings (SSSR count). The van der Waals surface area contributed by atoms with Crippen LogP contribution in [0, 0.1) is 0 Å². The molecule has 0 fully saturated rings. The van der Waals surface area contributed by atoms with Crippen molar-refractivity contribution in [3.05, 3.63) is 111 Å². The second-order valence-corrected chi connectivity index (χ2v) is 9.00. The van der Waals surface area contributed by atoms with Crippen LogP contribution in [0.25, 0.3) is 0 Å². The molecule has 1 aliphatic rings. The quantitative estimate of drug-likeness (QED) is 0.340. The molecule has 0 aliphatic carbocycles. The number of amides is 1. The third-order valence-corrected chi connectivity index (χ3v) is 6.90. The Labute approximate surface area is 192 Å². The smallest absolute Gasteiger partial charge is 0.294 e. The fourth-order valence-electron chi connectivity index (χ4n) is 3.66. The molecular formula is C25H17NO4S2. The van der Waals surface area contributed by atoms with Crippen LogP contribution in [0.1, 0.15) is 20.6 Å². The number of thiophene rings is 2. The van der Waals surface area contributed by atoms with Gasteiger partial charge in [0.2, 0.25) is 5.78 Å². The van der Waals surface area contributed by atoms with E-state index in [0.29, 0.717) is 22.1 Å². The van der Waals surface area contributed by atoms with Crippen LogP contribution in [-0.4, -0.2) is 16.8 Å². The van der Waals surface area contributed by atoms with Crippen LogP contribution >= 0.6 is 22.7 Å². The zero-order valence-electron chi connectivity index (χ0n) is 16.7. The monoisotopic (exact) mass is 459 g/mol. The molecule has 1 N–H and O–H groups in total. The zero-order valence-corrected chi connectivity index (χ0v) is 18.3. The number of aliphatic hydroxyl groups is 1. The van der Waals surface area contributed by atoms with Crippen molar-refractivity contribution >= 4 is 40.1 Å². The van der Waals surface area contributed by atoms with Crippen LogP contribution in [0.5, 0.6) is 11.5 Å². The SMILES string of the molecule is O=C(C1=C(O)C(=O)N(c2ccc(Oc3ccccc3)cc2)C1c1cccs1)c1cccs1. The molecule has 0 bridgehead atoms. The minimum absolute atomic E-state index is 0.101. The maximum Gasteiger partial charge on any atom is 0.294 e. The molecule has 1 unspecified atom stereocenters. The molecule has 3 heterocycles. The Kier molecular flexibility index (Phi) is 5.34. The number of ketones is 1. The lowest BCUT2D eigenvalue weighted by Gasteiger charge is -2.25. The van der Waals surface area contributed by atoms with Gasteiger partial charge in [0.25, 0.3) is 5.91 Å². The van der Waals surface area contributed by atoms with Crippen LogP contribution < -0.4 is 9.64 Å². The summed E-state index contributed by atoms with van der Waals surface area (Å²) >= 11 is 2.72. The summed E-state index contributed by atoms with van der Waals surface area (Å²) in [6.07, 6.45) is 0. The Bertz CT molecular complexity index is 1280. The molecule has 4 aromatic rings. The number of hydrogen-bond donors (Lipinski definition) is 1. The molecule has 1 aliphatic heterocycles. The van der Waals surface area contributed by atoms with Gasteiger partial charge in [-0.1, -0.05) is 30.3 Å². The van der Waals surface area contributed by atoms with E-state index < -0.39 is 17.7 Å². The van der Waals surface area contributed by atoms with Gasteiger partial charge >= 0.3 is 0 Å². The molecular weight excluding hydrogens is 442 g/mol. The summed E-state index contributed by atoms with van der Waals surface area (Å²) in [5.74, 6) is -0.120. The second-order valence-electron chi connectivity index (χ2n) is 7.07. The largest absolute Gasteiger partial charge is 0.503 e. The minimum Gasteiger partial charge on any atom is -0.503 e. The lowest BCUT2D eigenvalue weighted by Crippen LogP contribution is -2.30. The first-order valence-corrected chi connectivity index (χ1v) is 11.6. The van der Waals surface area contributed by atoms with E-state index in [-0.39, 0.29) is 11.4 Å². The highest BCUT2D eigenvalue weighted by Crippen LogP contribution is 2.44. The van der Waals surface area contributed by atoms with Crippen molar-refractivity contribution < 1.29 is 19.4 Å². The third kappa shape index (κ3) is 3.62. The summed E-state index contributed by atoms with van der Waals surface area (Å²) in [7, 11) is 0. The van der Waals surface area contributed by atoms with Crippen LogP contribution in [0.15, 0.2) is 101 Å². The molecule has 0 saturated carbocycles. The average Bonchev–Trinajstić information content (AvgIpc) is 3.57. The zero-order chi connectivity index (χ0) is 22.1. The van der Waals surface area contributed by atoms with E-state index in [1.807, 2.05) is 47.8 Å². The first-order valence-electron chi connectivity index (χ1n) is 9.85. The van der Waals surface area contributed by atoms with E-state index in [2.05, 4.69) is 0 Å². The maximum absolute atomic E-state index is 13.2. The lowest BCUT2D eigenvalue weighted by atomic mass is 10.0. The molecule has 5 nitrogen and oxygen atoms in total. The van der Waals surface area contributed by atoms with Gasteiger partial charge in [-0.05, 0) is 59.3 Å². The van der Waals surface area contributed by atoms with Gasteiger partial charge in [-0.2, -0.15) is 0 Å². The van der Waals surface area contributed by atoms with Crippen molar-refractivity contribution in [3.63, 3.8) is 0 Å². The molecule has 1 amide bonds. The third-order valence-electron chi connectivity index (χ3n) is 5.10. The summed E-state index contributed by atoms with van der Waals surface area (Å²) < 4.78 is 5.84. The predicted octanol–water partition coefficient (Wildman–Crippen LogP) is 6.38. The summed E-state index contributed by atoms with van der Waals surface area (Å²) in [6, 6.07) is 22.9. The number of carbonyl (C=O) groups is 2. The Hall–Kier alpha value is -3.68. The summed E-state index contributed by atoms with van der Waals surface area (Å²) in [6.45, 7) is 0. The van der Waals surface area contributed by atoms with E-state index in [1.165, 1.54) is 27.6 Å². The number of rotatable bonds is 6. The topological polar surface area (TPSA) is 66.8 Å². The first kappa shape index (κ1) is 20.2. The number of hydrogen-bond acceptors (Lipinski definition) is 6. The van der Waals surface area contributed by atoms with Crippen LogP contribution in [0.4, 0.5) is 5.69 Å². The molecule has 2 aromatic carbocycles. The van der Waals surface area contributed by atoms with Crippen LogP contribution in [-0.2, 0) is 4.79 Å². The van der Waals surface area contributed by atoms with Crippen molar-refractivity contribution in [3.8, 4) is 11.5 Å². The molecule has 7 heteroatoms. The fourth-order valence-corrected chi connectivity index (χ4v) is 5.16. The van der Waals surface area contributed by atoms with Crippen LogP contribution in [0.3, 0.4) is 0 Å².